The number of aromatic hydroxyl groups is 1. The van der Waals surface area contributed by atoms with Crippen molar-refractivity contribution in [2.75, 3.05) is 43.4 Å². The summed E-state index contributed by atoms with van der Waals surface area (Å²) in [4.78, 5) is 298. The van der Waals surface area contributed by atoms with E-state index in [-0.39, 0.29) is 52.9 Å². The van der Waals surface area contributed by atoms with E-state index in [0.29, 0.717) is 44.3 Å². The van der Waals surface area contributed by atoms with Crippen molar-refractivity contribution in [3.05, 3.63) is 173 Å². The number of nitrogens with two attached hydrogens (primary N) is 3. The summed E-state index contributed by atoms with van der Waals surface area (Å²) in [6.07, 6.45) is -4.86. The number of aliphatic carboxylic acids is 3. The van der Waals surface area contributed by atoms with Crippen LogP contribution in [0.2, 0.25) is 0 Å². The van der Waals surface area contributed by atoms with Gasteiger partial charge in [-0.25, -0.2) is 0 Å². The molecule has 45 nitrogen and oxygen atoms in total. The van der Waals surface area contributed by atoms with Gasteiger partial charge in [0, 0.05) is 90.1 Å². The molecule has 18 amide bonds. The molecule has 0 aliphatic carbocycles. The Kier molecular flexibility index (Phi) is 42.6. The largest absolute Gasteiger partial charge is 0.508 e. The number of carbonyl (C=O) groups is 21. The molecule has 2 aliphatic rings. The predicted octanol–water partition coefficient (Wildman–Crippen LogP) is -4.58. The van der Waals surface area contributed by atoms with Gasteiger partial charge in [-0.05, 0) is 82.8 Å². The van der Waals surface area contributed by atoms with Crippen LogP contribution >= 0.6 is 35.3 Å². The third-order valence-corrected chi connectivity index (χ3v) is 24.6. The van der Waals surface area contributed by atoms with Crippen molar-refractivity contribution < 1.29 is 121 Å². The molecule has 3 heterocycles. The zero-order valence-corrected chi connectivity index (χ0v) is 77.7. The van der Waals surface area contributed by atoms with Gasteiger partial charge in [-0.3, -0.25) is 101 Å². The first-order valence-electron chi connectivity index (χ1n) is 43.6. The second-order valence-corrected chi connectivity index (χ2v) is 35.9. The number of aromatic nitrogens is 1. The van der Waals surface area contributed by atoms with Crippen molar-refractivity contribution in [3.8, 4) is 5.75 Å². The number of phenolic OH excluding ortho intramolecular Hbond substituents is 1. The second-order valence-electron chi connectivity index (χ2n) is 32.9. The van der Waals surface area contributed by atoms with Crippen LogP contribution in [0.1, 0.15) is 98.2 Å². The molecule has 0 spiro atoms. The second kappa shape index (κ2) is 54.2. The molecule has 0 fully saturated rings. The maximum atomic E-state index is 15.8. The molecule has 0 unspecified atom stereocenters. The van der Waals surface area contributed by atoms with Crippen molar-refractivity contribution in [2.45, 2.75) is 181 Å². The average Bonchev–Trinajstić information content (AvgIpc) is 1.69. The number of H-pyrrole nitrogens is 1. The zero-order chi connectivity index (χ0) is 101. The number of fused-ring (bicyclic) bond motifs is 6. The summed E-state index contributed by atoms with van der Waals surface area (Å²) in [6, 6.07) is 10.6. The van der Waals surface area contributed by atoms with Gasteiger partial charge in [0.1, 0.15) is 78.3 Å². The summed E-state index contributed by atoms with van der Waals surface area (Å²) in [6.45, 7) is 0.605. The smallest absolute Gasteiger partial charge is 0.305 e. The number of para-hydroxylation sites is 1. The van der Waals surface area contributed by atoms with Gasteiger partial charge in [0.2, 0.25) is 106 Å². The molecule has 0 saturated heterocycles. The summed E-state index contributed by atoms with van der Waals surface area (Å²) in [7, 11) is 0. The minimum Gasteiger partial charge on any atom is -0.508 e. The van der Waals surface area contributed by atoms with Crippen LogP contribution in [-0.4, -0.2) is 272 Å². The van der Waals surface area contributed by atoms with E-state index < -0.39 is 292 Å². The van der Waals surface area contributed by atoms with Crippen LogP contribution in [0.5, 0.6) is 5.75 Å². The fourth-order valence-corrected chi connectivity index (χ4v) is 17.2. The number of rotatable bonds is 24. The Morgan fingerprint density at radius 3 is 1.37 bits per heavy atom. The van der Waals surface area contributed by atoms with E-state index in [4.69, 9.17) is 17.2 Å². The molecule has 6 aromatic rings. The molecule has 8 rings (SSSR count). The van der Waals surface area contributed by atoms with Crippen molar-refractivity contribution in [1.82, 2.24) is 90.1 Å². The SMILES string of the molecule is CC(C)[C@@H]1NC(=O)[C@H](CC(=O)O)NC(=O)[C@H](Cc2ccc(O)cc2)NC(=O)[C@H](CCC(=O)O)NC(=O)[C@@H](NC(=O)[C@H](C)N)CSCc2cc3cc(c2)CSC[C@H](NC(=O)[C@H](Cc2ccccc2)NC(=O)CNC1=O)C(=O)N[C@@H](Cc1c[nH]c2ccccc12)C(=O)N[C@@H](CC(=O)O)C(=O)NCC(=O)N[C@@H](Cc1ccccc1)C(=O)NCC(=O)N[C@@H](CCC(N)=O)C(=O)N[C@H](C(=O)NCC(N)=O)CSC3. The maximum Gasteiger partial charge on any atom is 0.305 e. The first-order chi connectivity index (χ1) is 65.6. The molecule has 13 atom stereocenters. The third kappa shape index (κ3) is 36.5. The minimum absolute atomic E-state index is 0.0734. The Bertz CT molecular complexity index is 5430. The van der Waals surface area contributed by atoms with Crippen LogP contribution in [0.15, 0.2) is 134 Å². The lowest BCUT2D eigenvalue weighted by atomic mass is 10.0. The fourth-order valence-electron chi connectivity index (χ4n) is 14.2. The summed E-state index contributed by atoms with van der Waals surface area (Å²) in [5, 5.41) is 80.6. The van der Waals surface area contributed by atoms with E-state index in [9.17, 15) is 107 Å². The van der Waals surface area contributed by atoms with Crippen LogP contribution in [0.4, 0.5) is 0 Å². The number of phenols is 1. The molecule has 2 aliphatic heterocycles. The van der Waals surface area contributed by atoms with Crippen LogP contribution in [-0.2, 0) is 144 Å². The number of benzene rings is 5. The molecule has 0 saturated carbocycles. The van der Waals surface area contributed by atoms with Gasteiger partial charge >= 0.3 is 17.9 Å². The van der Waals surface area contributed by atoms with Crippen LogP contribution in [0.25, 0.3) is 10.9 Å². The quantitative estimate of drug-likeness (QED) is 0.0271. The highest BCUT2D eigenvalue weighted by Crippen LogP contribution is 2.27. The van der Waals surface area contributed by atoms with Gasteiger partial charge in [0.15, 0.2) is 0 Å². The molecule has 27 N–H and O–H groups in total. The fraction of sp³-hybridized carbons (Fsp3) is 0.411. The lowest BCUT2D eigenvalue weighted by Crippen LogP contribution is -2.61. The van der Waals surface area contributed by atoms with E-state index in [1.807, 2.05) is 0 Å². The van der Waals surface area contributed by atoms with Crippen molar-refractivity contribution in [3.63, 3.8) is 0 Å². The van der Waals surface area contributed by atoms with Gasteiger partial charge in [-0.15, -0.1) is 0 Å². The zero-order valence-electron chi connectivity index (χ0n) is 75.2. The Hall–Kier alpha value is -14.7. The maximum absolute atomic E-state index is 15.8. The monoisotopic (exact) mass is 1970 g/mol. The van der Waals surface area contributed by atoms with Crippen molar-refractivity contribution in [2.24, 2.45) is 23.1 Å². The number of hydrogen-bond acceptors (Lipinski definition) is 26. The van der Waals surface area contributed by atoms with Gasteiger partial charge in [-0.1, -0.05) is 123 Å². The highest BCUT2D eigenvalue weighted by atomic mass is 32.2. The molecule has 5 aromatic carbocycles. The average molecular weight is 1970 g/mol. The van der Waals surface area contributed by atoms with Crippen LogP contribution in [0.3, 0.4) is 0 Å². The Morgan fingerprint density at radius 1 is 0.420 bits per heavy atom. The molecule has 4 bridgehead atoms. The van der Waals surface area contributed by atoms with Crippen LogP contribution in [0, 0.1) is 5.92 Å². The lowest BCUT2D eigenvalue weighted by Gasteiger charge is -2.28. The normalized spacial score (nSPS) is 22.4. The molecule has 48 heteroatoms. The van der Waals surface area contributed by atoms with Gasteiger partial charge in [0.25, 0.3) is 0 Å². The summed E-state index contributed by atoms with van der Waals surface area (Å²) in [5.74, 6) is -27.1. The number of hydrogen-bond donors (Lipinski definition) is 24. The molecule has 740 valence electrons. The minimum atomic E-state index is -2.07. The molecular weight excluding hydrogens is 1860 g/mol. The first kappa shape index (κ1) is 109. The van der Waals surface area contributed by atoms with E-state index in [2.05, 4.69) is 90.1 Å². The van der Waals surface area contributed by atoms with Gasteiger partial charge < -0.3 is 128 Å². The Labute approximate surface area is 802 Å². The third-order valence-electron chi connectivity index (χ3n) is 21.3. The lowest BCUT2D eigenvalue weighted by molar-refractivity contribution is -0.142. The van der Waals surface area contributed by atoms with Crippen molar-refractivity contribution in [1.29, 1.82) is 0 Å². The number of primary amides is 2. The molecular formula is C90H112N20O25S3. The Balaban J connectivity index is 1.28. The van der Waals surface area contributed by atoms with E-state index in [1.165, 1.54) is 51.2 Å². The Morgan fingerprint density at radius 2 is 0.841 bits per heavy atom. The molecule has 0 radical (unpaired) electrons. The standard InChI is InChI=1S/C90H112N20O25S3/c1-46(2)77-90(135)98-39-73(116)101-61(30-49-14-8-5-9-15-49)84(129)109-68-45-138-42-53-27-51(26-52(28-53)41-137-44-67(107-78(123)47(3)91)88(133)102-59(23-25-74(117)118)83(128)103-62(31-50-18-20-55(111)21-19-50)85(130)106-65(34-76(121)122)87(132)110-77)40-136-43-66(81(126)95-36-70(93)113)108-82(127)58(22-24-69(92)112)99-71(114)37-96-79(124)60(29-48-12-6-4-7-13-48)100-72(115)38-97-80(125)64(33-75(119)120)105-86(131)63(104-89(68)134)32-54-35-94-57-17-11-10-16-56(54)57/h4-21,26-28,35,46-47,58-68,77,94,111H,22-25,29-34,36-45,91H2,1-3H3,(H2,92,112)(H2,93,113)(H,95,126)(H,96,124)(H,97,125)(H,98,135)(H,99,114)(H,100,115)(H,101,116)(H,102,133)(H,103,128)(H,104,134)(H,105,131)(H,106,130)(H,107,123)(H,108,127)(H,109,129)(H,110,132)(H,117,118)(H,119,120)(H,121,122)/t47-,58-,59-,60-,61-,62-,63-,64-,65-,66-,67-,68-,77-/m0/s1. The first-order valence-corrected chi connectivity index (χ1v) is 47.1. The number of carboxylic acids is 3. The number of aromatic amines is 1. The molecule has 138 heavy (non-hydrogen) atoms. The van der Waals surface area contributed by atoms with Crippen molar-refractivity contribution >= 4 is 170 Å². The van der Waals surface area contributed by atoms with Crippen LogP contribution < -0.4 is 102 Å². The highest BCUT2D eigenvalue weighted by molar-refractivity contribution is 7.99. The number of carboxylic acid groups (broad SMARTS) is 3. The molecule has 1 aromatic heterocycles. The topological polar surface area (TPSA) is 726 Å². The van der Waals surface area contributed by atoms with E-state index in [1.54, 1.807) is 103 Å². The number of amides is 18. The highest BCUT2D eigenvalue weighted by Gasteiger charge is 2.39. The van der Waals surface area contributed by atoms with E-state index >= 15 is 14.4 Å². The number of nitrogens with one attached hydrogen (secondary N) is 17. The summed E-state index contributed by atoms with van der Waals surface area (Å²) >= 11 is 3.00. The summed E-state index contributed by atoms with van der Waals surface area (Å²) in [5.41, 5.74) is 20.3. The number of thioether (sulfide) groups is 3. The van der Waals surface area contributed by atoms with E-state index in [0.717, 1.165) is 35.3 Å². The van der Waals surface area contributed by atoms with Gasteiger partial charge in [0.05, 0.1) is 45.1 Å². The van der Waals surface area contributed by atoms with Gasteiger partial charge in [-0.2, -0.15) is 35.3 Å². The number of carbonyl (C=O) groups excluding carboxylic acids is 18. The summed E-state index contributed by atoms with van der Waals surface area (Å²) < 4.78 is 0. The predicted molar refractivity (Wildman–Crippen MR) is 502 cm³/mol.